The minimum Gasteiger partial charge on any atom is -0.497 e. The summed E-state index contributed by atoms with van der Waals surface area (Å²) < 4.78 is 368. The van der Waals surface area contributed by atoms with Crippen LogP contribution in [0.25, 0.3) is 66.2 Å². The minimum atomic E-state index is -2.96. The number of aryl methyl sites for hydroxylation is 6. The van der Waals surface area contributed by atoms with Crippen molar-refractivity contribution in [2.75, 3.05) is 85.1 Å². The number of nitrogens with one attached hydrogen (secondary N) is 6. The Morgan fingerprint density at radius 2 is 0.465 bits per heavy atom. The molecule has 42 heteroatoms. The number of benzene rings is 6. The Morgan fingerprint density at radius 1 is 0.257 bits per heavy atom. The van der Waals surface area contributed by atoms with E-state index in [0.717, 1.165) is 33.4 Å². The van der Waals surface area contributed by atoms with Crippen LogP contribution in [0.4, 0.5) is 0 Å². The van der Waals surface area contributed by atoms with Crippen LogP contribution < -0.4 is 56.8 Å². The molecular formula is C102H114N18O18S6. The van der Waals surface area contributed by atoms with Crippen molar-refractivity contribution in [3.63, 3.8) is 0 Å². The van der Waals surface area contributed by atoms with Crippen molar-refractivity contribution in [2.45, 2.75) is 148 Å². The number of fused-ring (bicyclic) bond motifs is 6. The van der Waals surface area contributed by atoms with Crippen LogP contribution in [0.5, 0.6) is 69.0 Å². The molecule has 12 heterocycles. The zero-order valence-corrected chi connectivity index (χ0v) is 85.9. The summed E-state index contributed by atoms with van der Waals surface area (Å²) in [5.74, 6) is 2.67. The van der Waals surface area contributed by atoms with E-state index < -0.39 is 162 Å². The Morgan fingerprint density at radius 3 is 0.708 bits per heavy atom. The van der Waals surface area contributed by atoms with E-state index in [1.807, 2.05) is 27.7 Å². The van der Waals surface area contributed by atoms with Crippen LogP contribution in [0.2, 0.25) is 0 Å². The van der Waals surface area contributed by atoms with Crippen molar-refractivity contribution in [2.24, 2.45) is 0 Å². The van der Waals surface area contributed by atoms with Gasteiger partial charge >= 0.3 is 0 Å². The van der Waals surface area contributed by atoms with Gasteiger partial charge in [0.2, 0.25) is 0 Å². The summed E-state index contributed by atoms with van der Waals surface area (Å²) >= 11 is 0. The SMILES string of the molecule is [2H]C([2H])([2H])Oc1ccc2nc(S(=O)C([2H])([2H])c3ncc(C)c(OC)c3C)[nH]c2c1.[2H]C([2H])(c1ncc(C)c(OC)c1C)S(=O)c1nc2ccc(OC)cc2[nH]1.[2H]c1c(OC([2H])([2H])[2H])c([2H])c2[nH]c(S(=O)C([2H])([2H])c3ncc(C)c(OC)c3C)nc2c1[2H].[2H]c1c(OC([2H])([2H])[2H])c([2H])c2[nH]c(S(=O)Cc3ncc(C)c(OC)c3C)nc2c1[2H].[2H]c1c(OC)c([2H])c2[nH]c(S(=O)C([2H])([2H])c3ncc(C)c(OC)c3C)nc2c1[2H].[2H]c1c(OC)c([2H])c2[nH]c(S(=O)Cc3ncc(C)c(OC)c3C)nc2c1[2H]. The largest absolute Gasteiger partial charge is 0.497 e. The highest BCUT2D eigenvalue weighted by Gasteiger charge is 2.25. The van der Waals surface area contributed by atoms with Crippen LogP contribution >= 0.6 is 0 Å². The second kappa shape index (κ2) is 48.5. The van der Waals surface area contributed by atoms with E-state index in [1.165, 1.54) is 92.8 Å². The molecule has 18 rings (SSSR count). The number of imidazole rings is 6. The Hall–Kier alpha value is -14.5. The highest BCUT2D eigenvalue weighted by molar-refractivity contribution is 7.85. The summed E-state index contributed by atoms with van der Waals surface area (Å²) in [5, 5.41) is -0.618. The predicted octanol–water partition coefficient (Wildman–Crippen LogP) is 17.4. The lowest BCUT2D eigenvalue weighted by atomic mass is 10.1. The van der Waals surface area contributed by atoms with E-state index in [4.69, 9.17) is 96.6 Å². The van der Waals surface area contributed by atoms with Gasteiger partial charge in [0.1, 0.15) is 69.0 Å². The van der Waals surface area contributed by atoms with E-state index in [-0.39, 0.29) is 158 Å². The summed E-state index contributed by atoms with van der Waals surface area (Å²) in [5.41, 5.74) is 1.18. The number of hydrogen-bond acceptors (Lipinski definition) is 30. The van der Waals surface area contributed by atoms with Gasteiger partial charge in [-0.2, -0.15) is 0 Å². The summed E-state index contributed by atoms with van der Waals surface area (Å²) in [6.45, 7) is 21.1. The van der Waals surface area contributed by atoms with E-state index in [0.29, 0.717) is 107 Å². The average Bonchev–Trinajstić information content (AvgIpc) is 0.987. The molecule has 18 aromatic rings. The molecule has 0 fully saturated rings. The Kier molecular flexibility index (Phi) is 24.8. The number of aromatic nitrogens is 18. The summed E-state index contributed by atoms with van der Waals surface area (Å²) in [6.07, 6.45) is 9.09. The number of ether oxygens (including phenoxy) is 12. The maximum absolute atomic E-state index is 13.2. The number of hydrogen-bond donors (Lipinski definition) is 6. The molecule has 756 valence electrons. The summed E-state index contributed by atoms with van der Waals surface area (Å²) in [4.78, 5) is 66.4. The van der Waals surface area contributed by atoms with Crippen LogP contribution in [0, 0.1) is 83.1 Å². The smallest absolute Gasteiger partial charge is 0.197 e. The van der Waals surface area contributed by atoms with Crippen molar-refractivity contribution < 1.29 is 122 Å². The van der Waals surface area contributed by atoms with Gasteiger partial charge in [-0.1, -0.05) is 0 Å². The fourth-order valence-electron chi connectivity index (χ4n) is 14.1. The van der Waals surface area contributed by atoms with Crippen LogP contribution in [0.3, 0.4) is 0 Å². The zero-order valence-electron chi connectivity index (χ0n) is 110. The van der Waals surface area contributed by atoms with Crippen LogP contribution in [0.1, 0.15) is 141 Å². The van der Waals surface area contributed by atoms with Gasteiger partial charge in [0, 0.05) is 151 Å². The highest BCUT2D eigenvalue weighted by Crippen LogP contribution is 2.36. The van der Waals surface area contributed by atoms with Crippen molar-refractivity contribution in [1.29, 1.82) is 0 Å². The normalized spacial score (nSPS) is 15.9. The number of methoxy groups -OCH3 is 12. The lowest BCUT2D eigenvalue weighted by Crippen LogP contribution is -2.05. The van der Waals surface area contributed by atoms with Gasteiger partial charge in [0.15, 0.2) is 30.9 Å². The molecule has 0 aliphatic carbocycles. The number of nitrogens with zero attached hydrogens (tertiary/aromatic N) is 12. The predicted molar refractivity (Wildman–Crippen MR) is 558 cm³/mol. The van der Waals surface area contributed by atoms with E-state index >= 15 is 0 Å². The van der Waals surface area contributed by atoms with E-state index in [2.05, 4.69) is 89.7 Å². The standard InChI is InChI=1S/6C17H19N3O3S/c6*1-10-8-18-15(11(2)16(10)23-4)9-24(21)17-19-13-6-5-12(22-3)7-14(13)20-17/h6*5-8H,9H2,1-4H3,(H,19,20)/i3D3,5D,6D,7D,9D2;5D,6D,7D,9D2;3D3,5D,6D,7D;5D,6D,7D;3D3,9D2;9D2. The second-order valence-corrected chi connectivity index (χ2v) is 37.8. The minimum absolute atomic E-state index is 0.00911. The van der Waals surface area contributed by atoms with Gasteiger partial charge < -0.3 is 86.7 Å². The average molecular weight is 2100 g/mol. The van der Waals surface area contributed by atoms with Gasteiger partial charge in [0.05, 0.1) is 313 Å². The number of pyridine rings is 6. The van der Waals surface area contributed by atoms with Crippen molar-refractivity contribution >= 4 is 131 Å². The van der Waals surface area contributed by atoms with Crippen molar-refractivity contribution in [3.05, 3.63) is 247 Å². The molecular weight excluding hydrogens is 1960 g/mol. The molecule has 0 spiro atoms. The maximum Gasteiger partial charge on any atom is 0.197 e. The molecule has 0 bridgehead atoms. The van der Waals surface area contributed by atoms with Gasteiger partial charge in [-0.3, -0.25) is 55.2 Å². The summed E-state index contributed by atoms with van der Waals surface area (Å²) in [7, 11) is -7.75. The van der Waals surface area contributed by atoms with Crippen LogP contribution in [-0.4, -0.2) is 200 Å². The monoisotopic (exact) mass is 2100 g/mol. The summed E-state index contributed by atoms with van der Waals surface area (Å²) in [6, 6.07) is 4.94. The molecule has 6 aromatic carbocycles. The molecule has 0 aliphatic heterocycles. The fourth-order valence-corrected chi connectivity index (χ4v) is 19.7. The van der Waals surface area contributed by atoms with Crippen molar-refractivity contribution in [3.8, 4) is 69.0 Å². The fraction of sp³-hybridized carbons (Fsp3) is 0.294. The maximum atomic E-state index is 13.2. The highest BCUT2D eigenvalue weighted by atomic mass is 32.2. The molecule has 6 N–H and O–H groups in total. The molecule has 0 radical (unpaired) electrons. The Bertz CT molecular complexity index is 9460. The first kappa shape index (κ1) is 73.6. The number of aromatic amines is 6. The lowest BCUT2D eigenvalue weighted by Gasteiger charge is -2.11. The third-order valence-corrected chi connectivity index (χ3v) is 27.2. The van der Waals surface area contributed by atoms with Crippen LogP contribution in [-0.2, 0) is 99.1 Å². The van der Waals surface area contributed by atoms with Gasteiger partial charge in [-0.25, -0.2) is 29.9 Å². The molecule has 12 aromatic heterocycles. The van der Waals surface area contributed by atoms with Crippen LogP contribution in [0.15, 0.2) is 177 Å². The first-order valence-electron chi connectivity index (χ1n) is 56.8. The molecule has 36 nitrogen and oxygen atoms in total. The molecule has 0 aliphatic rings. The third-order valence-electron chi connectivity index (χ3n) is 21.2. The molecule has 0 saturated heterocycles. The first-order chi connectivity index (χ1) is 80.7. The molecule has 6 unspecified atom stereocenters. The number of rotatable bonds is 30. The quantitative estimate of drug-likeness (QED) is 0.0243. The van der Waals surface area contributed by atoms with Crippen molar-refractivity contribution in [1.82, 2.24) is 89.7 Å². The molecule has 0 amide bonds. The Balaban J connectivity index is 0.000000170. The Labute approximate surface area is 887 Å². The second-order valence-electron chi connectivity index (χ2n) is 30.6. The third kappa shape index (κ3) is 25.0. The van der Waals surface area contributed by atoms with E-state index in [9.17, 15) is 25.3 Å². The van der Waals surface area contributed by atoms with Gasteiger partial charge in [-0.15, -0.1) is 0 Å². The zero-order chi connectivity index (χ0) is 129. The van der Waals surface area contributed by atoms with Gasteiger partial charge in [-0.05, 0) is 156 Å². The first-order valence-corrected chi connectivity index (χ1v) is 49.6. The number of H-pyrrole nitrogens is 6. The topological polar surface area (TPSA) is 463 Å². The molecule has 6 atom stereocenters. The molecule has 144 heavy (non-hydrogen) atoms. The molecule has 0 saturated carbocycles. The van der Waals surface area contributed by atoms with Gasteiger partial charge in [0.25, 0.3) is 0 Å². The van der Waals surface area contributed by atoms with E-state index in [1.54, 1.807) is 100 Å². The lowest BCUT2D eigenvalue weighted by molar-refractivity contribution is 0.407.